The van der Waals surface area contributed by atoms with Crippen molar-refractivity contribution in [1.29, 1.82) is 0 Å². The van der Waals surface area contributed by atoms with E-state index in [9.17, 15) is 9.59 Å². The maximum absolute atomic E-state index is 13.6. The molecule has 34 heavy (non-hydrogen) atoms. The van der Waals surface area contributed by atoms with Crippen molar-refractivity contribution in [3.05, 3.63) is 107 Å². The van der Waals surface area contributed by atoms with E-state index in [1.54, 1.807) is 4.90 Å². The molecule has 0 heterocycles. The van der Waals surface area contributed by atoms with Crippen molar-refractivity contribution in [3.63, 3.8) is 0 Å². The smallest absolute Gasteiger partial charge is 0.243 e. The molecule has 1 N–H and O–H groups in total. The van der Waals surface area contributed by atoms with Gasteiger partial charge in [-0.05, 0) is 43.4 Å². The van der Waals surface area contributed by atoms with E-state index in [0.29, 0.717) is 25.8 Å². The number of amides is 2. The van der Waals surface area contributed by atoms with Crippen LogP contribution < -0.4 is 5.32 Å². The summed E-state index contributed by atoms with van der Waals surface area (Å²) >= 11 is 0. The summed E-state index contributed by atoms with van der Waals surface area (Å²) in [5, 5.41) is 3.12. The molecular weight excluding hydrogens is 420 g/mol. The normalized spacial score (nSPS) is 12.6. The Balaban J connectivity index is 1.91. The Labute approximate surface area is 204 Å². The number of hydrogen-bond acceptors (Lipinski definition) is 2. The maximum atomic E-state index is 13.6. The first-order chi connectivity index (χ1) is 16.5. The minimum Gasteiger partial charge on any atom is -0.352 e. The Morgan fingerprint density at radius 3 is 2.09 bits per heavy atom. The summed E-state index contributed by atoms with van der Waals surface area (Å²) in [4.78, 5) is 28.9. The molecule has 0 unspecified atom stereocenters. The molecule has 4 nitrogen and oxygen atoms in total. The SMILES string of the molecule is CC[C@@H](C)NC(=O)[C@@H](Cc1ccccc1)N(Cc1cccc(C)c1)C(=O)CCc1ccccc1. The van der Waals surface area contributed by atoms with Crippen LogP contribution in [0.3, 0.4) is 0 Å². The molecule has 4 heteroatoms. The van der Waals surface area contributed by atoms with Crippen molar-refractivity contribution in [2.24, 2.45) is 0 Å². The zero-order valence-electron chi connectivity index (χ0n) is 20.5. The first-order valence-corrected chi connectivity index (χ1v) is 12.2. The van der Waals surface area contributed by atoms with Gasteiger partial charge >= 0.3 is 0 Å². The lowest BCUT2D eigenvalue weighted by atomic mass is 10.0. The van der Waals surface area contributed by atoms with Crippen molar-refractivity contribution in [1.82, 2.24) is 10.2 Å². The standard InChI is InChI=1S/C30H36N2O2/c1-4-24(3)31-30(34)28(21-26-15-9-6-10-16-26)32(22-27-17-11-12-23(2)20-27)29(33)19-18-25-13-7-5-8-14-25/h5-17,20,24,28H,4,18-19,21-22H2,1-3H3,(H,31,34)/t24-,28-/m1/s1. The quantitative estimate of drug-likeness (QED) is 0.415. The molecule has 0 bridgehead atoms. The van der Waals surface area contributed by atoms with Gasteiger partial charge in [-0.3, -0.25) is 9.59 Å². The van der Waals surface area contributed by atoms with E-state index in [2.05, 4.69) is 11.4 Å². The lowest BCUT2D eigenvalue weighted by molar-refractivity contribution is -0.141. The molecule has 3 aromatic rings. The van der Waals surface area contributed by atoms with E-state index in [-0.39, 0.29) is 17.9 Å². The second-order valence-electron chi connectivity index (χ2n) is 9.02. The number of benzene rings is 3. The molecule has 178 valence electrons. The summed E-state index contributed by atoms with van der Waals surface area (Å²) in [6, 6.07) is 27.6. The van der Waals surface area contributed by atoms with Gasteiger partial charge in [-0.1, -0.05) is 97.4 Å². The Morgan fingerprint density at radius 2 is 1.47 bits per heavy atom. The van der Waals surface area contributed by atoms with E-state index in [0.717, 1.165) is 28.7 Å². The van der Waals surface area contributed by atoms with Crippen LogP contribution >= 0.6 is 0 Å². The Hall–Kier alpha value is -3.40. The third kappa shape index (κ3) is 7.58. The van der Waals surface area contributed by atoms with Crippen LogP contribution in [0.2, 0.25) is 0 Å². The fourth-order valence-electron chi connectivity index (χ4n) is 4.04. The average molecular weight is 457 g/mol. The van der Waals surface area contributed by atoms with Gasteiger partial charge in [0.25, 0.3) is 0 Å². The molecule has 3 aromatic carbocycles. The number of aryl methyl sites for hydroxylation is 2. The van der Waals surface area contributed by atoms with Gasteiger partial charge in [0.1, 0.15) is 6.04 Å². The molecule has 0 aliphatic carbocycles. The fraction of sp³-hybridized carbons (Fsp3) is 0.333. The second-order valence-corrected chi connectivity index (χ2v) is 9.02. The summed E-state index contributed by atoms with van der Waals surface area (Å²) in [6.07, 6.45) is 2.32. The van der Waals surface area contributed by atoms with Gasteiger partial charge in [0.15, 0.2) is 0 Å². The minimum atomic E-state index is -0.583. The lowest BCUT2D eigenvalue weighted by Crippen LogP contribution is -2.52. The Kier molecular flexibility index (Phi) is 9.45. The number of nitrogens with zero attached hydrogens (tertiary/aromatic N) is 1. The Bertz CT molecular complexity index is 1050. The molecular formula is C30H36N2O2. The van der Waals surface area contributed by atoms with Crippen molar-refractivity contribution >= 4 is 11.8 Å². The highest BCUT2D eigenvalue weighted by atomic mass is 16.2. The lowest BCUT2D eigenvalue weighted by Gasteiger charge is -2.32. The number of carbonyl (C=O) groups excluding carboxylic acids is 2. The van der Waals surface area contributed by atoms with Gasteiger partial charge in [-0.25, -0.2) is 0 Å². The van der Waals surface area contributed by atoms with Gasteiger partial charge in [-0.2, -0.15) is 0 Å². The zero-order chi connectivity index (χ0) is 24.3. The van der Waals surface area contributed by atoms with Gasteiger partial charge < -0.3 is 10.2 Å². The summed E-state index contributed by atoms with van der Waals surface area (Å²) in [5.41, 5.74) is 4.33. The topological polar surface area (TPSA) is 49.4 Å². The van der Waals surface area contributed by atoms with Crippen molar-refractivity contribution in [2.45, 2.75) is 65.1 Å². The van der Waals surface area contributed by atoms with Crippen LogP contribution in [-0.4, -0.2) is 28.8 Å². The second kappa shape index (κ2) is 12.7. The molecule has 0 saturated carbocycles. The highest BCUT2D eigenvalue weighted by Crippen LogP contribution is 2.18. The number of carbonyl (C=O) groups is 2. The van der Waals surface area contributed by atoms with Crippen LogP contribution in [0.5, 0.6) is 0 Å². The first-order valence-electron chi connectivity index (χ1n) is 12.2. The first kappa shape index (κ1) is 25.2. The molecule has 0 saturated heterocycles. The summed E-state index contributed by atoms with van der Waals surface area (Å²) in [6.45, 7) is 6.50. The number of hydrogen-bond donors (Lipinski definition) is 1. The zero-order valence-corrected chi connectivity index (χ0v) is 20.5. The van der Waals surface area contributed by atoms with E-state index < -0.39 is 6.04 Å². The van der Waals surface area contributed by atoms with E-state index in [4.69, 9.17) is 0 Å². The van der Waals surface area contributed by atoms with E-state index in [1.807, 2.05) is 99.6 Å². The van der Waals surface area contributed by atoms with Crippen molar-refractivity contribution in [3.8, 4) is 0 Å². The minimum absolute atomic E-state index is 0.00871. The molecule has 3 rings (SSSR count). The molecule has 0 spiro atoms. The molecule has 0 aliphatic heterocycles. The number of rotatable bonds is 11. The largest absolute Gasteiger partial charge is 0.352 e. The fourth-order valence-corrected chi connectivity index (χ4v) is 4.04. The van der Waals surface area contributed by atoms with Crippen LogP contribution in [-0.2, 0) is 29.0 Å². The molecule has 0 radical (unpaired) electrons. The molecule has 0 fully saturated rings. The summed E-state index contributed by atoms with van der Waals surface area (Å²) in [5.74, 6) is -0.107. The monoisotopic (exact) mass is 456 g/mol. The predicted octanol–water partition coefficient (Wildman–Crippen LogP) is 5.48. The Morgan fingerprint density at radius 1 is 0.853 bits per heavy atom. The molecule has 0 aliphatic rings. The summed E-state index contributed by atoms with van der Waals surface area (Å²) < 4.78 is 0. The van der Waals surface area contributed by atoms with Crippen LogP contribution in [0.15, 0.2) is 84.9 Å². The van der Waals surface area contributed by atoms with Gasteiger partial charge in [0, 0.05) is 25.4 Å². The van der Waals surface area contributed by atoms with E-state index in [1.165, 1.54) is 0 Å². The van der Waals surface area contributed by atoms with Crippen molar-refractivity contribution < 1.29 is 9.59 Å². The van der Waals surface area contributed by atoms with Crippen LogP contribution in [0.4, 0.5) is 0 Å². The maximum Gasteiger partial charge on any atom is 0.243 e. The number of nitrogens with one attached hydrogen (secondary N) is 1. The molecule has 0 aromatic heterocycles. The average Bonchev–Trinajstić information content (AvgIpc) is 2.85. The van der Waals surface area contributed by atoms with Crippen LogP contribution in [0, 0.1) is 6.92 Å². The van der Waals surface area contributed by atoms with Crippen molar-refractivity contribution in [2.75, 3.05) is 0 Å². The van der Waals surface area contributed by atoms with Crippen LogP contribution in [0.1, 0.15) is 48.9 Å². The summed E-state index contributed by atoms with van der Waals surface area (Å²) in [7, 11) is 0. The highest BCUT2D eigenvalue weighted by molar-refractivity contribution is 5.88. The third-order valence-corrected chi connectivity index (χ3v) is 6.18. The van der Waals surface area contributed by atoms with Gasteiger partial charge in [0.05, 0.1) is 0 Å². The highest BCUT2D eigenvalue weighted by Gasteiger charge is 2.30. The molecule has 2 atom stereocenters. The van der Waals surface area contributed by atoms with Gasteiger partial charge in [0.2, 0.25) is 11.8 Å². The van der Waals surface area contributed by atoms with Crippen LogP contribution in [0.25, 0.3) is 0 Å². The predicted molar refractivity (Wildman–Crippen MR) is 138 cm³/mol. The molecule has 2 amide bonds. The van der Waals surface area contributed by atoms with Gasteiger partial charge in [-0.15, -0.1) is 0 Å². The third-order valence-electron chi connectivity index (χ3n) is 6.18. The van der Waals surface area contributed by atoms with E-state index >= 15 is 0 Å².